The lowest BCUT2D eigenvalue weighted by molar-refractivity contribution is 0.102. The van der Waals surface area contributed by atoms with Gasteiger partial charge in [0.2, 0.25) is 0 Å². The van der Waals surface area contributed by atoms with Crippen molar-refractivity contribution >= 4 is 40.0 Å². The van der Waals surface area contributed by atoms with E-state index in [1.165, 1.54) is 0 Å². The van der Waals surface area contributed by atoms with Crippen LogP contribution in [0.25, 0.3) is 16.8 Å². The van der Waals surface area contributed by atoms with Gasteiger partial charge in [0.25, 0.3) is 5.91 Å². The quantitative estimate of drug-likeness (QED) is 0.607. The number of rotatable bonds is 3. The summed E-state index contributed by atoms with van der Waals surface area (Å²) in [5.74, 6) is -0.322. The van der Waals surface area contributed by atoms with E-state index in [1.54, 1.807) is 35.2 Å². The van der Waals surface area contributed by atoms with E-state index in [1.807, 2.05) is 24.4 Å². The summed E-state index contributed by atoms with van der Waals surface area (Å²) < 4.78 is 2.19. The Morgan fingerprint density at radius 1 is 1.21 bits per heavy atom. The smallest absolute Gasteiger partial charge is 0.284 e. The molecule has 24 heavy (non-hydrogen) atoms. The molecule has 0 aliphatic carbocycles. The van der Waals surface area contributed by atoms with Gasteiger partial charge < -0.3 is 5.32 Å². The highest BCUT2D eigenvalue weighted by Crippen LogP contribution is 2.35. The number of carbonyl (C=O) groups excluding carboxylic acids is 1. The second-order valence-corrected chi connectivity index (χ2v) is 6.53. The van der Waals surface area contributed by atoms with Gasteiger partial charge in [0.15, 0.2) is 5.01 Å². The van der Waals surface area contributed by atoms with E-state index >= 15 is 0 Å². The van der Waals surface area contributed by atoms with Crippen LogP contribution in [0.15, 0.2) is 55.1 Å². The zero-order chi connectivity index (χ0) is 16.5. The molecule has 0 spiro atoms. The lowest BCUT2D eigenvalue weighted by Crippen LogP contribution is -2.11. The van der Waals surface area contributed by atoms with Gasteiger partial charge in [0, 0.05) is 18.0 Å². The first kappa shape index (κ1) is 14.8. The first-order chi connectivity index (χ1) is 11.7. The Morgan fingerprint density at radius 2 is 2.12 bits per heavy atom. The van der Waals surface area contributed by atoms with Crippen LogP contribution < -0.4 is 5.32 Å². The van der Waals surface area contributed by atoms with Crippen LogP contribution in [-0.4, -0.2) is 25.5 Å². The molecule has 0 unspecified atom stereocenters. The summed E-state index contributed by atoms with van der Waals surface area (Å²) in [5, 5.41) is 7.31. The predicted octanol–water partition coefficient (Wildman–Crippen LogP) is 3.76. The highest BCUT2D eigenvalue weighted by molar-refractivity contribution is 7.18. The number of pyridine rings is 2. The Bertz CT molecular complexity index is 1030. The van der Waals surface area contributed by atoms with E-state index in [0.29, 0.717) is 15.7 Å². The molecule has 6 nitrogen and oxygen atoms in total. The summed E-state index contributed by atoms with van der Waals surface area (Å²) in [4.78, 5) is 20.7. The Morgan fingerprint density at radius 3 is 2.96 bits per heavy atom. The second-order valence-electron chi connectivity index (χ2n) is 4.93. The van der Waals surface area contributed by atoms with E-state index in [9.17, 15) is 4.79 Å². The van der Waals surface area contributed by atoms with Crippen molar-refractivity contribution in [2.75, 3.05) is 5.32 Å². The number of fused-ring (bicyclic) bond motifs is 1. The molecule has 0 fully saturated rings. The minimum atomic E-state index is -0.322. The fraction of sp³-hybridized carbons (Fsp3) is 0. The van der Waals surface area contributed by atoms with Crippen LogP contribution in [-0.2, 0) is 0 Å². The molecule has 1 amide bonds. The SMILES string of the molecule is O=C(Nc1cccnc1)c1nc(-c2cnn3ccccc23)c(Cl)s1. The van der Waals surface area contributed by atoms with Crippen LogP contribution >= 0.6 is 22.9 Å². The molecule has 0 aromatic carbocycles. The number of halogens is 1. The average molecular weight is 356 g/mol. The largest absolute Gasteiger partial charge is 0.319 e. The number of hydrogen-bond donors (Lipinski definition) is 1. The molecule has 4 aromatic rings. The molecule has 118 valence electrons. The first-order valence-electron chi connectivity index (χ1n) is 7.03. The molecule has 0 saturated carbocycles. The van der Waals surface area contributed by atoms with Crippen molar-refractivity contribution in [3.05, 3.63) is 64.5 Å². The van der Waals surface area contributed by atoms with Crippen molar-refractivity contribution in [2.24, 2.45) is 0 Å². The molecule has 4 aromatic heterocycles. The van der Waals surface area contributed by atoms with Gasteiger partial charge in [0.1, 0.15) is 10.0 Å². The maximum absolute atomic E-state index is 12.3. The maximum Gasteiger partial charge on any atom is 0.284 e. The maximum atomic E-state index is 12.3. The normalized spacial score (nSPS) is 10.9. The highest BCUT2D eigenvalue weighted by Gasteiger charge is 2.19. The number of anilines is 1. The van der Waals surface area contributed by atoms with Gasteiger partial charge in [-0.25, -0.2) is 9.50 Å². The number of nitrogens with one attached hydrogen (secondary N) is 1. The lowest BCUT2D eigenvalue weighted by atomic mass is 10.2. The minimum absolute atomic E-state index is 0.286. The minimum Gasteiger partial charge on any atom is -0.319 e. The standard InChI is InChI=1S/C16H10ClN5OS/c17-14-13(11-9-19-22-7-2-1-5-12(11)22)21-16(24-14)15(23)20-10-4-3-6-18-8-10/h1-9H,(H,20,23). The molecule has 8 heteroatoms. The molecular weight excluding hydrogens is 346 g/mol. The molecule has 0 atom stereocenters. The van der Waals surface area contributed by atoms with E-state index in [4.69, 9.17) is 11.6 Å². The van der Waals surface area contributed by atoms with Crippen LogP contribution in [0.5, 0.6) is 0 Å². The average Bonchev–Trinajstić information content (AvgIpc) is 3.19. The van der Waals surface area contributed by atoms with Crippen molar-refractivity contribution in [2.45, 2.75) is 0 Å². The number of thiazole rings is 1. The van der Waals surface area contributed by atoms with E-state index in [-0.39, 0.29) is 10.9 Å². The van der Waals surface area contributed by atoms with Crippen LogP contribution in [0.4, 0.5) is 5.69 Å². The van der Waals surface area contributed by atoms with Gasteiger partial charge in [-0.15, -0.1) is 0 Å². The fourth-order valence-corrected chi connectivity index (χ4v) is 3.37. The zero-order valence-electron chi connectivity index (χ0n) is 12.2. The number of aromatic nitrogens is 4. The molecular formula is C16H10ClN5OS. The van der Waals surface area contributed by atoms with E-state index in [0.717, 1.165) is 22.4 Å². The number of hydrogen-bond acceptors (Lipinski definition) is 5. The summed E-state index contributed by atoms with van der Waals surface area (Å²) in [7, 11) is 0. The molecule has 4 rings (SSSR count). The lowest BCUT2D eigenvalue weighted by Gasteiger charge is -2.00. The Labute approximate surface area is 145 Å². The fourth-order valence-electron chi connectivity index (χ4n) is 2.30. The van der Waals surface area contributed by atoms with E-state index < -0.39 is 0 Å². The van der Waals surface area contributed by atoms with Gasteiger partial charge in [-0.1, -0.05) is 29.0 Å². The molecule has 4 heterocycles. The van der Waals surface area contributed by atoms with Crippen molar-refractivity contribution in [1.29, 1.82) is 0 Å². The topological polar surface area (TPSA) is 72.2 Å². The van der Waals surface area contributed by atoms with Crippen LogP contribution in [0, 0.1) is 0 Å². The summed E-state index contributed by atoms with van der Waals surface area (Å²) in [6.07, 6.45) is 6.74. The molecule has 0 aliphatic heterocycles. The van der Waals surface area contributed by atoms with Crippen LogP contribution in [0.3, 0.4) is 0 Å². The van der Waals surface area contributed by atoms with Crippen LogP contribution in [0.2, 0.25) is 4.34 Å². The number of carbonyl (C=O) groups is 1. The molecule has 0 bridgehead atoms. The molecule has 0 aliphatic rings. The third kappa shape index (κ3) is 2.64. The Balaban J connectivity index is 1.69. The van der Waals surface area contributed by atoms with Crippen molar-refractivity contribution in [3.8, 4) is 11.3 Å². The Kier molecular flexibility index (Phi) is 3.72. The van der Waals surface area contributed by atoms with Crippen molar-refractivity contribution in [3.63, 3.8) is 0 Å². The third-order valence-electron chi connectivity index (χ3n) is 3.38. The molecule has 1 N–H and O–H groups in total. The highest BCUT2D eigenvalue weighted by atomic mass is 35.5. The monoisotopic (exact) mass is 355 g/mol. The van der Waals surface area contributed by atoms with Gasteiger partial charge >= 0.3 is 0 Å². The van der Waals surface area contributed by atoms with Gasteiger partial charge in [-0.2, -0.15) is 5.10 Å². The Hall–Kier alpha value is -2.77. The number of amides is 1. The summed E-state index contributed by atoms with van der Waals surface area (Å²) in [6.45, 7) is 0. The summed E-state index contributed by atoms with van der Waals surface area (Å²) in [6, 6.07) is 9.23. The predicted molar refractivity (Wildman–Crippen MR) is 93.5 cm³/mol. The zero-order valence-corrected chi connectivity index (χ0v) is 13.8. The molecule has 0 saturated heterocycles. The second kappa shape index (κ2) is 6.03. The van der Waals surface area contributed by atoms with Crippen LogP contribution in [0.1, 0.15) is 9.80 Å². The van der Waals surface area contributed by atoms with E-state index in [2.05, 4.69) is 20.4 Å². The first-order valence-corrected chi connectivity index (χ1v) is 8.22. The van der Waals surface area contributed by atoms with Gasteiger partial charge in [0.05, 0.1) is 23.6 Å². The van der Waals surface area contributed by atoms with Gasteiger partial charge in [-0.3, -0.25) is 9.78 Å². The summed E-state index contributed by atoms with van der Waals surface area (Å²) in [5.41, 5.74) is 2.83. The van der Waals surface area contributed by atoms with Gasteiger partial charge in [-0.05, 0) is 24.3 Å². The summed E-state index contributed by atoms with van der Waals surface area (Å²) >= 11 is 7.44. The van der Waals surface area contributed by atoms with Crippen molar-refractivity contribution in [1.82, 2.24) is 19.6 Å². The molecule has 0 radical (unpaired) electrons. The van der Waals surface area contributed by atoms with Crippen molar-refractivity contribution < 1.29 is 4.79 Å². The number of nitrogens with zero attached hydrogens (tertiary/aromatic N) is 4. The third-order valence-corrected chi connectivity index (χ3v) is 4.63.